The van der Waals surface area contributed by atoms with Crippen LogP contribution in [0.25, 0.3) is 0 Å². The summed E-state index contributed by atoms with van der Waals surface area (Å²) < 4.78 is 42.1. The van der Waals surface area contributed by atoms with Crippen LogP contribution in [0.5, 0.6) is 0 Å². The largest absolute Gasteiger partial charge is 0.444 e. The predicted molar refractivity (Wildman–Crippen MR) is 55.5 cm³/mol. The number of carbonyl (C=O) groups excluding carboxylic acids is 1. The fourth-order valence-electron chi connectivity index (χ4n) is 1.46. The molecular weight excluding hydrogens is 305 g/mol. The van der Waals surface area contributed by atoms with Crippen molar-refractivity contribution in [2.45, 2.75) is 12.8 Å². The van der Waals surface area contributed by atoms with Gasteiger partial charge in [-0.1, -0.05) is 0 Å². The highest BCUT2D eigenvalue weighted by molar-refractivity contribution is 9.10. The Balaban J connectivity index is 2.37. The van der Waals surface area contributed by atoms with E-state index >= 15 is 0 Å². The summed E-state index contributed by atoms with van der Waals surface area (Å²) in [7, 11) is 0. The van der Waals surface area contributed by atoms with Crippen LogP contribution in [0.3, 0.4) is 0 Å². The third-order valence-electron chi connectivity index (χ3n) is 2.13. The number of hydrogen-bond acceptors (Lipinski definition) is 3. The van der Waals surface area contributed by atoms with E-state index in [9.17, 15) is 18.0 Å². The number of rotatable bonds is 1. The van der Waals surface area contributed by atoms with Crippen LogP contribution in [0.4, 0.5) is 23.7 Å². The van der Waals surface area contributed by atoms with Crippen LogP contribution in [0.1, 0.15) is 5.56 Å². The Morgan fingerprint density at radius 2 is 2.24 bits per heavy atom. The molecule has 1 aliphatic heterocycles. The Morgan fingerprint density at radius 1 is 1.53 bits per heavy atom. The van der Waals surface area contributed by atoms with Gasteiger partial charge in [-0.2, -0.15) is 13.2 Å². The Labute approximate surface area is 103 Å². The van der Waals surface area contributed by atoms with Crippen molar-refractivity contribution in [3.63, 3.8) is 0 Å². The molecule has 0 saturated heterocycles. The summed E-state index contributed by atoms with van der Waals surface area (Å²) >= 11 is 3.09. The molecule has 0 aromatic carbocycles. The lowest BCUT2D eigenvalue weighted by molar-refractivity contribution is -0.119. The van der Waals surface area contributed by atoms with Crippen LogP contribution in [-0.2, 0) is 11.3 Å². The molecule has 0 bridgehead atoms. The van der Waals surface area contributed by atoms with Crippen molar-refractivity contribution in [3.05, 3.63) is 22.4 Å². The topological polar surface area (TPSA) is 42.4 Å². The van der Waals surface area contributed by atoms with E-state index in [0.717, 1.165) is 0 Å². The SMILES string of the molecule is O=C1OCc2cc(Br)ncc2N1CC(F)(F)F. The molecule has 1 aromatic rings. The van der Waals surface area contributed by atoms with Crippen molar-refractivity contribution < 1.29 is 22.7 Å². The van der Waals surface area contributed by atoms with Gasteiger partial charge in [-0.15, -0.1) is 0 Å². The molecule has 8 heteroatoms. The molecule has 92 valence electrons. The lowest BCUT2D eigenvalue weighted by Crippen LogP contribution is -2.42. The molecule has 17 heavy (non-hydrogen) atoms. The summed E-state index contributed by atoms with van der Waals surface area (Å²) in [4.78, 5) is 15.6. The average Bonchev–Trinajstić information content (AvgIpc) is 2.21. The number of pyridine rings is 1. The zero-order valence-electron chi connectivity index (χ0n) is 8.29. The summed E-state index contributed by atoms with van der Waals surface area (Å²) in [6.07, 6.45) is -4.29. The van der Waals surface area contributed by atoms with E-state index in [1.807, 2.05) is 0 Å². The van der Waals surface area contributed by atoms with Gasteiger partial charge < -0.3 is 4.74 Å². The number of hydrogen-bond donors (Lipinski definition) is 0. The first-order valence-electron chi connectivity index (χ1n) is 4.52. The first-order valence-corrected chi connectivity index (χ1v) is 5.31. The Hall–Kier alpha value is -1.31. The van der Waals surface area contributed by atoms with E-state index in [0.29, 0.717) is 15.1 Å². The first kappa shape index (κ1) is 12.2. The highest BCUT2D eigenvalue weighted by Gasteiger charge is 2.37. The van der Waals surface area contributed by atoms with E-state index in [-0.39, 0.29) is 12.3 Å². The summed E-state index contributed by atoms with van der Waals surface area (Å²) in [6, 6.07) is 1.52. The monoisotopic (exact) mass is 310 g/mol. The minimum atomic E-state index is -4.49. The van der Waals surface area contributed by atoms with E-state index in [1.165, 1.54) is 12.3 Å². The second kappa shape index (κ2) is 4.17. The molecule has 0 N–H and O–H groups in total. The predicted octanol–water partition coefficient (Wildman–Crippen LogP) is 2.86. The molecule has 2 rings (SSSR count). The third-order valence-corrected chi connectivity index (χ3v) is 2.57. The lowest BCUT2D eigenvalue weighted by atomic mass is 10.2. The number of fused-ring (bicyclic) bond motifs is 1. The Morgan fingerprint density at radius 3 is 2.88 bits per heavy atom. The molecule has 4 nitrogen and oxygen atoms in total. The molecule has 0 saturated carbocycles. The second-order valence-corrected chi connectivity index (χ2v) is 4.20. The minimum Gasteiger partial charge on any atom is -0.444 e. The molecule has 0 spiro atoms. The normalized spacial score (nSPS) is 15.5. The highest BCUT2D eigenvalue weighted by atomic mass is 79.9. The van der Waals surface area contributed by atoms with Gasteiger partial charge in [0.1, 0.15) is 17.8 Å². The van der Waals surface area contributed by atoms with Crippen molar-refractivity contribution in [2.75, 3.05) is 11.4 Å². The number of cyclic esters (lactones) is 1. The molecule has 0 radical (unpaired) electrons. The molecule has 2 heterocycles. The second-order valence-electron chi connectivity index (χ2n) is 3.39. The highest BCUT2D eigenvalue weighted by Crippen LogP contribution is 2.30. The Bertz CT molecular complexity index is 464. The number of alkyl halides is 3. The molecule has 1 amide bonds. The van der Waals surface area contributed by atoms with Crippen LogP contribution >= 0.6 is 15.9 Å². The summed E-state index contributed by atoms with van der Waals surface area (Å²) in [6.45, 7) is -1.44. The number of nitrogens with zero attached hydrogens (tertiary/aromatic N) is 2. The van der Waals surface area contributed by atoms with Gasteiger partial charge >= 0.3 is 12.3 Å². The van der Waals surface area contributed by atoms with Crippen LogP contribution < -0.4 is 4.90 Å². The van der Waals surface area contributed by atoms with Gasteiger partial charge in [0.15, 0.2) is 0 Å². The smallest absolute Gasteiger partial charge is 0.414 e. The van der Waals surface area contributed by atoms with Crippen LogP contribution in [0.15, 0.2) is 16.9 Å². The van der Waals surface area contributed by atoms with Crippen molar-refractivity contribution >= 4 is 27.7 Å². The number of amides is 1. The van der Waals surface area contributed by atoms with Crippen LogP contribution in [0, 0.1) is 0 Å². The van der Waals surface area contributed by atoms with Crippen molar-refractivity contribution in [1.82, 2.24) is 4.98 Å². The van der Waals surface area contributed by atoms with Gasteiger partial charge in [-0.3, -0.25) is 4.90 Å². The lowest BCUT2D eigenvalue weighted by Gasteiger charge is -2.29. The van der Waals surface area contributed by atoms with Gasteiger partial charge in [0.05, 0.1) is 11.9 Å². The van der Waals surface area contributed by atoms with Crippen LogP contribution in [0.2, 0.25) is 0 Å². The molecular formula is C9H6BrF3N2O2. The van der Waals surface area contributed by atoms with Crippen molar-refractivity contribution in [1.29, 1.82) is 0 Å². The summed E-state index contributed by atoms with van der Waals surface area (Å²) in [5.74, 6) is 0. The number of anilines is 1. The van der Waals surface area contributed by atoms with Crippen molar-refractivity contribution in [3.8, 4) is 0 Å². The van der Waals surface area contributed by atoms with E-state index < -0.39 is 18.8 Å². The zero-order chi connectivity index (χ0) is 12.6. The third kappa shape index (κ3) is 2.68. The quantitative estimate of drug-likeness (QED) is 0.749. The van der Waals surface area contributed by atoms with E-state index in [1.54, 1.807) is 0 Å². The summed E-state index contributed by atoms with van der Waals surface area (Å²) in [5.41, 5.74) is 0.609. The van der Waals surface area contributed by atoms with Crippen LogP contribution in [-0.4, -0.2) is 23.8 Å². The maximum Gasteiger partial charge on any atom is 0.414 e. The summed E-state index contributed by atoms with van der Waals surface area (Å²) in [5, 5.41) is 0. The van der Waals surface area contributed by atoms with Gasteiger partial charge in [-0.25, -0.2) is 9.78 Å². The number of halogens is 4. The zero-order valence-corrected chi connectivity index (χ0v) is 9.88. The molecule has 1 aromatic heterocycles. The maximum absolute atomic E-state index is 12.3. The van der Waals surface area contributed by atoms with Crippen molar-refractivity contribution in [2.24, 2.45) is 0 Å². The standard InChI is InChI=1S/C9H6BrF3N2O2/c10-7-1-5-3-17-8(16)15(4-9(11,12)13)6(5)2-14-7/h1-2H,3-4H2. The number of ether oxygens (including phenoxy) is 1. The van der Waals surface area contributed by atoms with Gasteiger partial charge in [0, 0.05) is 5.56 Å². The molecule has 0 unspecified atom stereocenters. The maximum atomic E-state index is 12.3. The molecule has 0 fully saturated rings. The van der Waals surface area contributed by atoms with Gasteiger partial charge in [0.2, 0.25) is 0 Å². The van der Waals surface area contributed by atoms with E-state index in [4.69, 9.17) is 0 Å². The molecule has 0 aliphatic carbocycles. The molecule has 1 aliphatic rings. The fraction of sp³-hybridized carbons (Fsp3) is 0.333. The first-order chi connectivity index (χ1) is 7.87. The van der Waals surface area contributed by atoms with Gasteiger partial charge in [-0.05, 0) is 22.0 Å². The fourth-order valence-corrected chi connectivity index (χ4v) is 1.84. The number of aromatic nitrogens is 1. The average molecular weight is 311 g/mol. The van der Waals surface area contributed by atoms with Gasteiger partial charge in [0.25, 0.3) is 0 Å². The minimum absolute atomic E-state index is 0.0519. The van der Waals surface area contributed by atoms with E-state index in [2.05, 4.69) is 25.7 Å². The molecule has 0 atom stereocenters. The number of carbonyl (C=O) groups is 1. The Kier molecular flexibility index (Phi) is 2.98.